The lowest BCUT2D eigenvalue weighted by Crippen LogP contribution is -2.20. The van der Waals surface area contributed by atoms with E-state index in [-0.39, 0.29) is 11.3 Å². The molecule has 112 valence electrons. The topological polar surface area (TPSA) is 111 Å². The van der Waals surface area contributed by atoms with Crippen molar-refractivity contribution in [2.75, 3.05) is 5.73 Å². The van der Waals surface area contributed by atoms with E-state index in [1.165, 1.54) is 18.2 Å². The second-order valence-electron chi connectivity index (χ2n) is 4.54. The number of nitro groups is 1. The number of benzene rings is 2. The van der Waals surface area contributed by atoms with Crippen molar-refractivity contribution in [1.29, 1.82) is 0 Å². The highest BCUT2D eigenvalue weighted by Gasteiger charge is 2.18. The third-order valence-electron chi connectivity index (χ3n) is 2.97. The Hall–Kier alpha value is -3.22. The van der Waals surface area contributed by atoms with Crippen molar-refractivity contribution in [2.24, 2.45) is 5.10 Å². The largest absolute Gasteiger partial charge is 0.399 e. The number of nitrogens with zero attached hydrogens (tertiary/aromatic N) is 2. The minimum absolute atomic E-state index is 0.0448. The Labute approximate surface area is 126 Å². The fourth-order valence-corrected chi connectivity index (χ4v) is 1.85. The van der Waals surface area contributed by atoms with E-state index in [2.05, 4.69) is 10.5 Å². The Kier molecular flexibility index (Phi) is 4.47. The first-order chi connectivity index (χ1) is 10.5. The molecule has 7 heteroatoms. The number of rotatable bonds is 4. The van der Waals surface area contributed by atoms with Crippen LogP contribution in [0.1, 0.15) is 22.8 Å². The van der Waals surface area contributed by atoms with E-state index in [1.807, 2.05) is 0 Å². The van der Waals surface area contributed by atoms with E-state index in [4.69, 9.17) is 5.73 Å². The maximum atomic E-state index is 12.0. The number of carbonyl (C=O) groups excluding carboxylic acids is 1. The van der Waals surface area contributed by atoms with Crippen LogP contribution in [-0.4, -0.2) is 16.5 Å². The van der Waals surface area contributed by atoms with Crippen LogP contribution in [0.5, 0.6) is 0 Å². The lowest BCUT2D eigenvalue weighted by molar-refractivity contribution is -0.385. The number of nitrogens with one attached hydrogen (secondary N) is 1. The minimum atomic E-state index is -0.643. The standard InChI is InChI=1S/C15H14N4O3/c1-10(11-5-4-6-12(16)9-11)17-18-15(20)13-7-2-3-8-14(13)19(21)22/h2-9H,16H2,1H3,(H,18,20). The molecule has 0 unspecified atom stereocenters. The molecule has 3 N–H and O–H groups in total. The number of nitrogens with two attached hydrogens (primary N) is 1. The van der Waals surface area contributed by atoms with E-state index in [0.29, 0.717) is 11.4 Å². The molecule has 0 aliphatic heterocycles. The zero-order valence-electron chi connectivity index (χ0n) is 11.8. The number of nitrogen functional groups attached to an aromatic ring is 1. The summed E-state index contributed by atoms with van der Waals surface area (Å²) in [6.07, 6.45) is 0. The highest BCUT2D eigenvalue weighted by Crippen LogP contribution is 2.17. The first kappa shape index (κ1) is 15.2. The van der Waals surface area contributed by atoms with Gasteiger partial charge in [-0.05, 0) is 30.7 Å². The minimum Gasteiger partial charge on any atom is -0.399 e. The molecule has 2 aromatic rings. The van der Waals surface area contributed by atoms with Crippen molar-refractivity contribution in [3.05, 3.63) is 69.8 Å². The van der Waals surface area contributed by atoms with Crippen molar-refractivity contribution >= 4 is 23.0 Å². The van der Waals surface area contributed by atoms with Crippen molar-refractivity contribution in [2.45, 2.75) is 6.92 Å². The van der Waals surface area contributed by atoms with E-state index >= 15 is 0 Å². The van der Waals surface area contributed by atoms with Gasteiger partial charge in [-0.2, -0.15) is 5.10 Å². The molecule has 0 aliphatic carbocycles. The summed E-state index contributed by atoms with van der Waals surface area (Å²) < 4.78 is 0. The van der Waals surface area contributed by atoms with Gasteiger partial charge in [-0.3, -0.25) is 14.9 Å². The molecule has 0 aliphatic rings. The van der Waals surface area contributed by atoms with Gasteiger partial charge in [-0.25, -0.2) is 5.43 Å². The summed E-state index contributed by atoms with van der Waals surface area (Å²) in [5.74, 6) is -0.643. The van der Waals surface area contributed by atoms with Crippen LogP contribution >= 0.6 is 0 Å². The quantitative estimate of drug-likeness (QED) is 0.390. The van der Waals surface area contributed by atoms with Crippen LogP contribution in [-0.2, 0) is 0 Å². The molecule has 7 nitrogen and oxygen atoms in total. The molecule has 0 fully saturated rings. The normalized spacial score (nSPS) is 11.0. The molecule has 0 aromatic heterocycles. The number of anilines is 1. The summed E-state index contributed by atoms with van der Waals surface area (Å²) in [6.45, 7) is 1.70. The molecule has 0 spiro atoms. The highest BCUT2D eigenvalue weighted by atomic mass is 16.6. The Morgan fingerprint density at radius 3 is 2.64 bits per heavy atom. The van der Waals surface area contributed by atoms with Gasteiger partial charge in [0, 0.05) is 11.8 Å². The third kappa shape index (κ3) is 3.45. The van der Waals surface area contributed by atoms with E-state index in [9.17, 15) is 14.9 Å². The molecule has 0 saturated heterocycles. The molecular weight excluding hydrogens is 284 g/mol. The second kappa shape index (κ2) is 6.49. The molecule has 22 heavy (non-hydrogen) atoms. The van der Waals surface area contributed by atoms with Crippen molar-refractivity contribution in [1.82, 2.24) is 5.43 Å². The monoisotopic (exact) mass is 298 g/mol. The number of nitro benzene ring substituents is 1. The van der Waals surface area contributed by atoms with Gasteiger partial charge in [0.15, 0.2) is 0 Å². The predicted molar refractivity (Wildman–Crippen MR) is 83.6 cm³/mol. The Balaban J connectivity index is 2.19. The number of hydrazone groups is 1. The second-order valence-corrected chi connectivity index (χ2v) is 4.54. The predicted octanol–water partition coefficient (Wildman–Crippen LogP) is 2.33. The zero-order valence-corrected chi connectivity index (χ0v) is 11.8. The molecular formula is C15H14N4O3. The van der Waals surface area contributed by atoms with Crippen LogP contribution < -0.4 is 11.2 Å². The van der Waals surface area contributed by atoms with Crippen LogP contribution in [0.3, 0.4) is 0 Å². The Morgan fingerprint density at radius 1 is 1.23 bits per heavy atom. The third-order valence-corrected chi connectivity index (χ3v) is 2.97. The molecule has 0 heterocycles. The summed E-state index contributed by atoms with van der Waals surface area (Å²) in [6, 6.07) is 12.7. The maximum Gasteiger partial charge on any atom is 0.282 e. The smallest absolute Gasteiger partial charge is 0.282 e. The first-order valence-corrected chi connectivity index (χ1v) is 6.43. The van der Waals surface area contributed by atoms with Gasteiger partial charge in [0.25, 0.3) is 11.6 Å². The number of carbonyl (C=O) groups is 1. The molecule has 2 aromatic carbocycles. The zero-order chi connectivity index (χ0) is 16.1. The summed E-state index contributed by atoms with van der Waals surface area (Å²) in [5.41, 5.74) is 9.56. The Morgan fingerprint density at radius 2 is 1.95 bits per heavy atom. The van der Waals surface area contributed by atoms with E-state index in [1.54, 1.807) is 37.3 Å². The fraction of sp³-hybridized carbons (Fsp3) is 0.0667. The first-order valence-electron chi connectivity index (χ1n) is 6.43. The molecule has 0 bridgehead atoms. The van der Waals surface area contributed by atoms with Crippen LogP contribution in [0.15, 0.2) is 53.6 Å². The SMILES string of the molecule is CC(=NNC(=O)c1ccccc1[N+](=O)[O-])c1cccc(N)c1. The van der Waals surface area contributed by atoms with Gasteiger partial charge in [-0.15, -0.1) is 0 Å². The Bertz CT molecular complexity index is 756. The van der Waals surface area contributed by atoms with Crippen molar-refractivity contribution in [3.63, 3.8) is 0 Å². The maximum absolute atomic E-state index is 12.0. The fourth-order valence-electron chi connectivity index (χ4n) is 1.85. The van der Waals surface area contributed by atoms with Gasteiger partial charge < -0.3 is 5.73 Å². The van der Waals surface area contributed by atoms with Crippen molar-refractivity contribution < 1.29 is 9.72 Å². The molecule has 2 rings (SSSR count). The molecule has 0 radical (unpaired) electrons. The summed E-state index contributed by atoms with van der Waals surface area (Å²) in [4.78, 5) is 22.3. The van der Waals surface area contributed by atoms with Crippen LogP contribution in [0.4, 0.5) is 11.4 Å². The highest BCUT2D eigenvalue weighted by molar-refractivity contribution is 6.02. The van der Waals surface area contributed by atoms with Crippen LogP contribution in [0.2, 0.25) is 0 Å². The van der Waals surface area contributed by atoms with Gasteiger partial charge in [0.2, 0.25) is 0 Å². The average molecular weight is 298 g/mol. The van der Waals surface area contributed by atoms with Gasteiger partial charge in [0.1, 0.15) is 5.56 Å². The van der Waals surface area contributed by atoms with Gasteiger partial charge in [0.05, 0.1) is 10.6 Å². The lowest BCUT2D eigenvalue weighted by Gasteiger charge is -2.04. The molecule has 1 amide bonds. The van der Waals surface area contributed by atoms with E-state index < -0.39 is 10.8 Å². The summed E-state index contributed by atoms with van der Waals surface area (Å²) in [7, 11) is 0. The average Bonchev–Trinajstić information content (AvgIpc) is 2.52. The lowest BCUT2D eigenvalue weighted by atomic mass is 10.1. The molecule has 0 saturated carbocycles. The van der Waals surface area contributed by atoms with Gasteiger partial charge >= 0.3 is 0 Å². The van der Waals surface area contributed by atoms with Crippen LogP contribution in [0, 0.1) is 10.1 Å². The summed E-state index contributed by atoms with van der Waals surface area (Å²) >= 11 is 0. The number of para-hydroxylation sites is 1. The molecule has 0 atom stereocenters. The van der Waals surface area contributed by atoms with Gasteiger partial charge in [-0.1, -0.05) is 24.3 Å². The number of amides is 1. The van der Waals surface area contributed by atoms with Crippen LogP contribution in [0.25, 0.3) is 0 Å². The van der Waals surface area contributed by atoms with Crippen molar-refractivity contribution in [3.8, 4) is 0 Å². The number of hydrogen-bond donors (Lipinski definition) is 2. The summed E-state index contributed by atoms with van der Waals surface area (Å²) in [5, 5.41) is 14.9. The number of hydrogen-bond acceptors (Lipinski definition) is 5. The van der Waals surface area contributed by atoms with E-state index in [0.717, 1.165) is 5.56 Å².